The van der Waals surface area contributed by atoms with Crippen LogP contribution in [0.15, 0.2) is 30.5 Å². The number of anilines is 1. The van der Waals surface area contributed by atoms with Crippen LogP contribution in [0.1, 0.15) is 23.7 Å². The summed E-state index contributed by atoms with van der Waals surface area (Å²) in [6.45, 7) is 1.87. The number of fused-ring (bicyclic) bond motifs is 1. The number of nitrogens with zero attached hydrogens (tertiary/aromatic N) is 1. The number of ketones is 1. The molecule has 0 spiro atoms. The van der Waals surface area contributed by atoms with Gasteiger partial charge in [0.05, 0.1) is 0 Å². The number of hydrogen-bond acceptors (Lipinski definition) is 3. The smallest absolute Gasteiger partial charge is 0.162 e. The molecule has 0 fully saturated rings. The highest BCUT2D eigenvalue weighted by Crippen LogP contribution is 2.22. The Hall–Kier alpha value is -1.90. The number of carbonyl (C=O) groups excluding carboxylic acids is 1. The number of pyridine rings is 1. The van der Waals surface area contributed by atoms with Crippen molar-refractivity contribution in [3.63, 3.8) is 0 Å². The average molecular weight is 214 g/mol. The molecule has 0 aliphatic carbocycles. The van der Waals surface area contributed by atoms with Crippen LogP contribution in [-0.4, -0.2) is 17.8 Å². The zero-order valence-electron chi connectivity index (χ0n) is 9.45. The molecular formula is C13H14N2O. The Morgan fingerprint density at radius 2 is 2.19 bits per heavy atom. The molecule has 1 aromatic heterocycles. The molecule has 0 amide bonds. The molecule has 0 aliphatic heterocycles. The first-order valence-electron chi connectivity index (χ1n) is 5.36. The predicted octanol–water partition coefficient (Wildman–Crippen LogP) is 2.87. The molecule has 3 nitrogen and oxygen atoms in total. The van der Waals surface area contributed by atoms with E-state index in [2.05, 4.69) is 10.3 Å². The van der Waals surface area contributed by atoms with Gasteiger partial charge in [0.1, 0.15) is 5.82 Å². The van der Waals surface area contributed by atoms with Gasteiger partial charge in [0, 0.05) is 30.6 Å². The molecule has 1 heterocycles. The number of rotatable bonds is 3. The molecule has 2 rings (SSSR count). The molecule has 0 aliphatic rings. The second-order valence-corrected chi connectivity index (χ2v) is 3.62. The maximum atomic E-state index is 11.6. The molecule has 0 bridgehead atoms. The average Bonchev–Trinajstić information content (AvgIpc) is 2.36. The number of benzene rings is 1. The van der Waals surface area contributed by atoms with E-state index in [1.807, 2.05) is 38.2 Å². The third kappa shape index (κ3) is 1.76. The lowest BCUT2D eigenvalue weighted by Gasteiger charge is -2.06. The quantitative estimate of drug-likeness (QED) is 0.799. The Balaban J connectivity index is 2.63. The summed E-state index contributed by atoms with van der Waals surface area (Å²) in [5.41, 5.74) is 0.750. The molecule has 3 heteroatoms. The van der Waals surface area contributed by atoms with Gasteiger partial charge in [-0.15, -0.1) is 0 Å². The first-order chi connectivity index (χ1) is 7.76. The van der Waals surface area contributed by atoms with Crippen LogP contribution >= 0.6 is 0 Å². The Kier molecular flexibility index (Phi) is 2.86. The van der Waals surface area contributed by atoms with E-state index >= 15 is 0 Å². The highest BCUT2D eigenvalue weighted by atomic mass is 16.1. The maximum Gasteiger partial charge on any atom is 0.162 e. The molecule has 2 aromatic rings. The van der Waals surface area contributed by atoms with E-state index in [0.717, 1.165) is 22.2 Å². The Morgan fingerprint density at radius 3 is 2.88 bits per heavy atom. The van der Waals surface area contributed by atoms with Crippen LogP contribution in [0.3, 0.4) is 0 Å². The van der Waals surface area contributed by atoms with E-state index < -0.39 is 0 Å². The summed E-state index contributed by atoms with van der Waals surface area (Å²) in [7, 11) is 1.83. The van der Waals surface area contributed by atoms with Crippen LogP contribution in [0.5, 0.6) is 0 Å². The van der Waals surface area contributed by atoms with Gasteiger partial charge < -0.3 is 5.32 Å². The number of Topliss-reactive ketones (excluding diaryl/α,β-unsaturated/α-hetero) is 1. The van der Waals surface area contributed by atoms with E-state index in [-0.39, 0.29) is 5.78 Å². The second-order valence-electron chi connectivity index (χ2n) is 3.62. The van der Waals surface area contributed by atoms with Crippen LogP contribution in [0.25, 0.3) is 10.8 Å². The lowest BCUT2D eigenvalue weighted by molar-refractivity contribution is 0.0988. The Bertz CT molecular complexity index is 534. The van der Waals surface area contributed by atoms with E-state index in [1.165, 1.54) is 0 Å². The number of hydrogen-bond donors (Lipinski definition) is 1. The fraction of sp³-hybridized carbons (Fsp3) is 0.231. The lowest BCUT2D eigenvalue weighted by Crippen LogP contribution is -1.98. The standard InChI is InChI=1S/C13H14N2O/c1-3-12(16)10-5-4-9-6-7-15-13(14-2)11(9)8-10/h4-8H,3H2,1-2H3,(H,14,15). The number of nitrogens with one attached hydrogen (secondary N) is 1. The van der Waals surface area contributed by atoms with Gasteiger partial charge in [-0.05, 0) is 17.5 Å². The van der Waals surface area contributed by atoms with Crippen LogP contribution in [0.4, 0.5) is 5.82 Å². The number of aromatic nitrogens is 1. The van der Waals surface area contributed by atoms with Crippen molar-refractivity contribution in [3.8, 4) is 0 Å². The zero-order chi connectivity index (χ0) is 11.5. The van der Waals surface area contributed by atoms with Crippen molar-refractivity contribution in [2.24, 2.45) is 0 Å². The Labute approximate surface area is 94.5 Å². The van der Waals surface area contributed by atoms with Gasteiger partial charge in [-0.1, -0.05) is 19.1 Å². The fourth-order valence-electron chi connectivity index (χ4n) is 1.75. The number of carbonyl (C=O) groups is 1. The monoisotopic (exact) mass is 214 g/mol. The summed E-state index contributed by atoms with van der Waals surface area (Å²) >= 11 is 0. The zero-order valence-corrected chi connectivity index (χ0v) is 9.45. The minimum absolute atomic E-state index is 0.160. The van der Waals surface area contributed by atoms with Crippen LogP contribution in [0.2, 0.25) is 0 Å². The highest BCUT2D eigenvalue weighted by molar-refractivity contribution is 6.02. The van der Waals surface area contributed by atoms with E-state index in [9.17, 15) is 4.79 Å². The molecule has 16 heavy (non-hydrogen) atoms. The van der Waals surface area contributed by atoms with Crippen molar-refractivity contribution in [1.82, 2.24) is 4.98 Å². The SMILES string of the molecule is CCC(=O)c1ccc2ccnc(NC)c2c1. The highest BCUT2D eigenvalue weighted by Gasteiger charge is 2.06. The summed E-state index contributed by atoms with van der Waals surface area (Å²) in [6, 6.07) is 7.67. The van der Waals surface area contributed by atoms with Crippen molar-refractivity contribution >= 4 is 22.4 Å². The first-order valence-corrected chi connectivity index (χ1v) is 5.36. The third-order valence-electron chi connectivity index (χ3n) is 2.65. The maximum absolute atomic E-state index is 11.6. The van der Waals surface area contributed by atoms with Crippen LogP contribution < -0.4 is 5.32 Å². The molecule has 1 N–H and O–H groups in total. The van der Waals surface area contributed by atoms with Gasteiger partial charge in [-0.25, -0.2) is 4.98 Å². The minimum atomic E-state index is 0.160. The van der Waals surface area contributed by atoms with Gasteiger partial charge in [0.2, 0.25) is 0 Å². The molecule has 0 radical (unpaired) electrons. The molecular weight excluding hydrogens is 200 g/mol. The van der Waals surface area contributed by atoms with E-state index in [0.29, 0.717) is 6.42 Å². The summed E-state index contributed by atoms with van der Waals surface area (Å²) in [5, 5.41) is 5.11. The predicted molar refractivity (Wildman–Crippen MR) is 65.9 cm³/mol. The van der Waals surface area contributed by atoms with Crippen molar-refractivity contribution < 1.29 is 4.79 Å². The van der Waals surface area contributed by atoms with Crippen LogP contribution in [-0.2, 0) is 0 Å². The normalized spacial score (nSPS) is 10.4. The first kappa shape index (κ1) is 10.6. The summed E-state index contributed by atoms with van der Waals surface area (Å²) in [4.78, 5) is 15.8. The van der Waals surface area contributed by atoms with Gasteiger partial charge in [-0.2, -0.15) is 0 Å². The van der Waals surface area contributed by atoms with Crippen LogP contribution in [0, 0.1) is 0 Å². The van der Waals surface area contributed by atoms with Crippen molar-refractivity contribution in [2.45, 2.75) is 13.3 Å². The molecule has 0 saturated heterocycles. The summed E-state index contributed by atoms with van der Waals surface area (Å²) < 4.78 is 0. The van der Waals surface area contributed by atoms with Crippen molar-refractivity contribution in [3.05, 3.63) is 36.0 Å². The van der Waals surface area contributed by atoms with Gasteiger partial charge in [-0.3, -0.25) is 4.79 Å². The van der Waals surface area contributed by atoms with Crippen molar-refractivity contribution in [2.75, 3.05) is 12.4 Å². The van der Waals surface area contributed by atoms with Gasteiger partial charge in [0.25, 0.3) is 0 Å². The topological polar surface area (TPSA) is 42.0 Å². The molecule has 0 saturated carbocycles. The van der Waals surface area contributed by atoms with E-state index in [1.54, 1.807) is 6.20 Å². The fourth-order valence-corrected chi connectivity index (χ4v) is 1.75. The summed E-state index contributed by atoms with van der Waals surface area (Å²) in [5.74, 6) is 0.969. The molecule has 0 atom stereocenters. The third-order valence-corrected chi connectivity index (χ3v) is 2.65. The van der Waals surface area contributed by atoms with Gasteiger partial charge >= 0.3 is 0 Å². The lowest BCUT2D eigenvalue weighted by atomic mass is 10.0. The van der Waals surface area contributed by atoms with Gasteiger partial charge in [0.15, 0.2) is 5.78 Å². The minimum Gasteiger partial charge on any atom is -0.373 e. The second kappa shape index (κ2) is 4.31. The Morgan fingerprint density at radius 1 is 1.38 bits per heavy atom. The van der Waals surface area contributed by atoms with E-state index in [4.69, 9.17) is 0 Å². The molecule has 82 valence electrons. The molecule has 0 unspecified atom stereocenters. The molecule has 1 aromatic carbocycles. The largest absolute Gasteiger partial charge is 0.373 e. The summed E-state index contributed by atoms with van der Waals surface area (Å²) in [6.07, 6.45) is 2.29. The van der Waals surface area contributed by atoms with Crippen molar-refractivity contribution in [1.29, 1.82) is 0 Å².